The Bertz CT molecular complexity index is 1020. The Morgan fingerprint density at radius 1 is 0.903 bits per heavy atom. The molecule has 6 rings (SSSR count). The quantitative estimate of drug-likeness (QED) is 0.554. The number of imide groups is 1. The second-order valence-electron chi connectivity index (χ2n) is 9.00. The van der Waals surface area contributed by atoms with Gasteiger partial charge in [0.15, 0.2) is 0 Å². The molecular weight excluding hydrogens is 437 g/mol. The standard InChI is InChI=1S/C24H21Cl2NO4/c1-12(2)11-17(22(30)31)27-20(28)18-19(21(27)29)24(26)14-8-4-3-7-13(14)23(18,25)15-9-5-6-10-16(15)24/h3-10,12,17-19H,11H2,1-2H3,(H,30,31)/t17-,18-,19+,23?,24?/m1/s1. The van der Waals surface area contributed by atoms with Gasteiger partial charge >= 0.3 is 5.97 Å². The molecular formula is C24H21Cl2NO4. The van der Waals surface area contributed by atoms with Gasteiger partial charge < -0.3 is 5.11 Å². The Kier molecular flexibility index (Phi) is 4.35. The number of aliphatic carboxylic acids is 1. The zero-order valence-corrected chi connectivity index (χ0v) is 18.5. The van der Waals surface area contributed by atoms with E-state index in [4.69, 9.17) is 23.2 Å². The van der Waals surface area contributed by atoms with E-state index in [-0.39, 0.29) is 12.3 Å². The summed E-state index contributed by atoms with van der Waals surface area (Å²) in [4.78, 5) is 37.9. The lowest BCUT2D eigenvalue weighted by Gasteiger charge is -2.54. The number of halogens is 2. The highest BCUT2D eigenvalue weighted by Gasteiger charge is 2.73. The van der Waals surface area contributed by atoms with Crippen LogP contribution in [0.3, 0.4) is 0 Å². The molecule has 2 aromatic carbocycles. The van der Waals surface area contributed by atoms with Gasteiger partial charge in [-0.1, -0.05) is 62.4 Å². The second-order valence-corrected chi connectivity index (χ2v) is 10.2. The van der Waals surface area contributed by atoms with E-state index in [2.05, 4.69) is 0 Å². The van der Waals surface area contributed by atoms with Gasteiger partial charge in [-0.2, -0.15) is 0 Å². The fourth-order valence-electron chi connectivity index (χ4n) is 5.76. The first-order chi connectivity index (χ1) is 14.6. The summed E-state index contributed by atoms with van der Waals surface area (Å²) >= 11 is 14.7. The van der Waals surface area contributed by atoms with Crippen LogP contribution in [0.4, 0.5) is 0 Å². The normalized spacial score (nSPS) is 31.5. The summed E-state index contributed by atoms with van der Waals surface area (Å²) in [5.41, 5.74) is 2.80. The predicted octanol–water partition coefficient (Wildman–Crippen LogP) is 4.08. The predicted molar refractivity (Wildman–Crippen MR) is 116 cm³/mol. The fraction of sp³-hybridized carbons (Fsp3) is 0.375. The van der Waals surface area contributed by atoms with Crippen molar-refractivity contribution in [2.45, 2.75) is 36.1 Å². The lowest BCUT2D eigenvalue weighted by Crippen LogP contribution is -2.57. The van der Waals surface area contributed by atoms with Crippen molar-refractivity contribution >= 4 is 41.0 Å². The van der Waals surface area contributed by atoms with Crippen molar-refractivity contribution in [2.24, 2.45) is 17.8 Å². The van der Waals surface area contributed by atoms with E-state index in [0.717, 1.165) is 4.90 Å². The summed E-state index contributed by atoms with van der Waals surface area (Å²) in [6, 6.07) is 13.4. The summed E-state index contributed by atoms with van der Waals surface area (Å²) < 4.78 is 0. The minimum Gasteiger partial charge on any atom is -0.480 e. The number of carbonyl (C=O) groups is 3. The van der Waals surface area contributed by atoms with Crippen LogP contribution in [0, 0.1) is 17.8 Å². The summed E-state index contributed by atoms with van der Waals surface area (Å²) in [5, 5.41) is 9.86. The van der Waals surface area contributed by atoms with Gasteiger partial charge in [0.25, 0.3) is 0 Å². The lowest BCUT2D eigenvalue weighted by molar-refractivity contribution is -0.155. The number of rotatable bonds is 4. The van der Waals surface area contributed by atoms with Gasteiger partial charge in [0.2, 0.25) is 11.8 Å². The first-order valence-electron chi connectivity index (χ1n) is 10.3. The maximum atomic E-state index is 13.7. The van der Waals surface area contributed by atoms with Crippen molar-refractivity contribution in [3.8, 4) is 0 Å². The number of hydrogen-bond donors (Lipinski definition) is 1. The summed E-state index contributed by atoms with van der Waals surface area (Å²) in [7, 11) is 0. The number of hydrogen-bond acceptors (Lipinski definition) is 3. The molecule has 1 aliphatic heterocycles. The molecule has 3 atom stereocenters. The van der Waals surface area contributed by atoms with Crippen molar-refractivity contribution in [2.75, 3.05) is 0 Å². The monoisotopic (exact) mass is 457 g/mol. The van der Waals surface area contributed by atoms with E-state index in [1.807, 2.05) is 62.4 Å². The molecule has 0 saturated carbocycles. The summed E-state index contributed by atoms with van der Waals surface area (Å²) in [5.74, 6) is -4.30. The number of nitrogens with zero attached hydrogens (tertiary/aromatic N) is 1. The van der Waals surface area contributed by atoms with Crippen LogP contribution < -0.4 is 0 Å². The Labute approximate surface area is 189 Å². The minimum absolute atomic E-state index is 0.0228. The molecule has 3 aliphatic carbocycles. The van der Waals surface area contributed by atoms with Crippen LogP contribution in [0.25, 0.3) is 0 Å². The molecule has 31 heavy (non-hydrogen) atoms. The van der Waals surface area contributed by atoms with Crippen LogP contribution in [0.15, 0.2) is 48.5 Å². The molecule has 5 nitrogen and oxygen atoms in total. The zero-order chi connectivity index (χ0) is 22.3. The van der Waals surface area contributed by atoms with Gasteiger partial charge in [-0.25, -0.2) is 4.79 Å². The van der Waals surface area contributed by atoms with Crippen molar-refractivity contribution in [3.05, 3.63) is 70.8 Å². The van der Waals surface area contributed by atoms with Gasteiger partial charge in [-0.15, -0.1) is 23.2 Å². The molecule has 2 amide bonds. The highest BCUT2D eigenvalue weighted by atomic mass is 35.5. The van der Waals surface area contributed by atoms with E-state index in [9.17, 15) is 19.5 Å². The third-order valence-corrected chi connectivity index (χ3v) is 8.20. The largest absolute Gasteiger partial charge is 0.480 e. The molecule has 2 bridgehead atoms. The van der Waals surface area contributed by atoms with Gasteiger partial charge in [0.1, 0.15) is 15.8 Å². The first-order valence-corrected chi connectivity index (χ1v) is 11.1. The topological polar surface area (TPSA) is 74.7 Å². The highest BCUT2D eigenvalue weighted by Crippen LogP contribution is 2.69. The third-order valence-electron chi connectivity index (χ3n) is 6.91. The van der Waals surface area contributed by atoms with Crippen LogP contribution >= 0.6 is 23.2 Å². The number of benzene rings is 2. The molecule has 1 saturated heterocycles. The van der Waals surface area contributed by atoms with E-state index in [1.165, 1.54) is 0 Å². The number of amides is 2. The van der Waals surface area contributed by atoms with E-state index in [1.54, 1.807) is 0 Å². The summed E-state index contributed by atoms with van der Waals surface area (Å²) in [6.45, 7) is 3.71. The maximum absolute atomic E-state index is 13.7. The van der Waals surface area contributed by atoms with Crippen LogP contribution in [-0.2, 0) is 24.1 Å². The van der Waals surface area contributed by atoms with E-state index in [0.29, 0.717) is 22.3 Å². The minimum atomic E-state index is -1.29. The van der Waals surface area contributed by atoms with Crippen LogP contribution in [-0.4, -0.2) is 33.8 Å². The summed E-state index contributed by atoms with van der Waals surface area (Å²) in [6.07, 6.45) is 0.163. The van der Waals surface area contributed by atoms with Crippen LogP contribution in [0.2, 0.25) is 0 Å². The van der Waals surface area contributed by atoms with Crippen LogP contribution in [0.5, 0.6) is 0 Å². The maximum Gasteiger partial charge on any atom is 0.326 e. The smallest absolute Gasteiger partial charge is 0.326 e. The zero-order valence-electron chi connectivity index (χ0n) is 17.0. The first kappa shape index (κ1) is 20.5. The molecule has 1 fully saturated rings. The molecule has 160 valence electrons. The number of carboxylic acid groups (broad SMARTS) is 1. The number of alkyl halides is 2. The van der Waals surface area contributed by atoms with Crippen LogP contribution in [0.1, 0.15) is 42.5 Å². The van der Waals surface area contributed by atoms with Gasteiger partial charge in [-0.3, -0.25) is 14.5 Å². The Morgan fingerprint density at radius 3 is 1.55 bits per heavy atom. The lowest BCUT2D eigenvalue weighted by atomic mass is 9.54. The van der Waals surface area contributed by atoms with Gasteiger partial charge in [0, 0.05) is 0 Å². The molecule has 4 aliphatic rings. The molecule has 0 unspecified atom stereocenters. The van der Waals surface area contributed by atoms with Crippen molar-refractivity contribution in [1.29, 1.82) is 0 Å². The average Bonchev–Trinajstić information content (AvgIpc) is 3.01. The highest BCUT2D eigenvalue weighted by molar-refractivity contribution is 6.36. The molecule has 1 heterocycles. The van der Waals surface area contributed by atoms with Gasteiger partial charge in [0.05, 0.1) is 11.8 Å². The fourth-order valence-corrected chi connectivity index (χ4v) is 6.86. The van der Waals surface area contributed by atoms with Crippen molar-refractivity contribution in [1.82, 2.24) is 4.90 Å². The van der Waals surface area contributed by atoms with E-state index < -0.39 is 45.4 Å². The van der Waals surface area contributed by atoms with Gasteiger partial charge in [-0.05, 0) is 34.6 Å². The van der Waals surface area contributed by atoms with Crippen molar-refractivity contribution < 1.29 is 19.5 Å². The molecule has 0 aromatic heterocycles. The molecule has 1 N–H and O–H groups in total. The number of carboxylic acids is 1. The number of carbonyl (C=O) groups excluding carboxylic acids is 2. The Morgan fingerprint density at radius 2 is 1.26 bits per heavy atom. The Hall–Kier alpha value is -2.37. The molecule has 0 radical (unpaired) electrons. The van der Waals surface area contributed by atoms with Crippen molar-refractivity contribution in [3.63, 3.8) is 0 Å². The second kappa shape index (κ2) is 6.57. The van der Waals surface area contributed by atoms with E-state index >= 15 is 0 Å². The molecule has 7 heteroatoms. The third kappa shape index (κ3) is 2.36. The molecule has 2 aromatic rings. The Balaban J connectivity index is 1.78. The SMILES string of the molecule is CC(C)C[C@H](C(=O)O)N1C(=O)[C@@H]2[C@H](C1=O)C1(Cl)c3ccccc3C2(Cl)c2ccccc21. The average molecular weight is 458 g/mol. The molecule has 0 spiro atoms. The number of likely N-dealkylation sites (tertiary alicyclic amines) is 1.